The van der Waals surface area contributed by atoms with Gasteiger partial charge in [0.1, 0.15) is 0 Å². The maximum absolute atomic E-state index is 11.7. The Morgan fingerprint density at radius 3 is 2.73 bits per heavy atom. The van der Waals surface area contributed by atoms with Gasteiger partial charge in [0.15, 0.2) is 0 Å². The van der Waals surface area contributed by atoms with Gasteiger partial charge in [0, 0.05) is 25.7 Å². The molecule has 4 nitrogen and oxygen atoms in total. The van der Waals surface area contributed by atoms with Gasteiger partial charge in [-0.05, 0) is 20.3 Å². The number of hydrogen-bond acceptors (Lipinski definition) is 3. The lowest BCUT2D eigenvalue weighted by molar-refractivity contribution is -0.132. The van der Waals surface area contributed by atoms with Crippen LogP contribution in [0.4, 0.5) is 0 Å². The van der Waals surface area contributed by atoms with E-state index in [0.29, 0.717) is 26.1 Å². The van der Waals surface area contributed by atoms with Gasteiger partial charge in [0.25, 0.3) is 0 Å². The fourth-order valence-corrected chi connectivity index (χ4v) is 1.29. The Balaban J connectivity index is 3.98. The van der Waals surface area contributed by atoms with E-state index in [0.717, 1.165) is 0 Å². The van der Waals surface area contributed by atoms with E-state index < -0.39 is 0 Å². The number of aliphatic hydroxyl groups is 1. The molecule has 0 radical (unpaired) electrons. The van der Waals surface area contributed by atoms with E-state index in [9.17, 15) is 4.79 Å². The van der Waals surface area contributed by atoms with E-state index in [1.54, 1.807) is 11.0 Å². The lowest BCUT2D eigenvalue weighted by Gasteiger charge is -2.26. The summed E-state index contributed by atoms with van der Waals surface area (Å²) in [5.74, 6) is 0.0697. The van der Waals surface area contributed by atoms with Gasteiger partial charge >= 0.3 is 0 Å². The highest BCUT2D eigenvalue weighted by Gasteiger charge is 2.15. The molecule has 0 fully saturated rings. The van der Waals surface area contributed by atoms with Crippen LogP contribution < -0.4 is 5.32 Å². The number of nitrogens with zero attached hydrogens (tertiary/aromatic N) is 1. The first-order valence-electron chi connectivity index (χ1n) is 5.35. The van der Waals surface area contributed by atoms with E-state index in [1.807, 2.05) is 13.8 Å². The second-order valence-corrected chi connectivity index (χ2v) is 3.68. The van der Waals surface area contributed by atoms with Gasteiger partial charge in [0.2, 0.25) is 5.91 Å². The van der Waals surface area contributed by atoms with Crippen molar-refractivity contribution in [3.8, 4) is 0 Å². The minimum Gasteiger partial charge on any atom is -0.396 e. The van der Waals surface area contributed by atoms with Gasteiger partial charge in [-0.25, -0.2) is 0 Å². The maximum Gasteiger partial charge on any atom is 0.236 e. The van der Waals surface area contributed by atoms with Gasteiger partial charge in [0.05, 0.1) is 6.54 Å². The molecule has 2 N–H and O–H groups in total. The van der Waals surface area contributed by atoms with Crippen molar-refractivity contribution < 1.29 is 9.90 Å². The van der Waals surface area contributed by atoms with E-state index in [-0.39, 0.29) is 18.6 Å². The molecule has 0 unspecified atom stereocenters. The molecule has 0 aromatic rings. The topological polar surface area (TPSA) is 52.6 Å². The fourth-order valence-electron chi connectivity index (χ4n) is 1.29. The van der Waals surface area contributed by atoms with Crippen molar-refractivity contribution in [2.24, 2.45) is 0 Å². The smallest absolute Gasteiger partial charge is 0.236 e. The molecule has 0 aliphatic rings. The summed E-state index contributed by atoms with van der Waals surface area (Å²) in [6, 6.07) is 0.176. The Kier molecular flexibility index (Phi) is 7.95. The van der Waals surface area contributed by atoms with Crippen molar-refractivity contribution in [1.29, 1.82) is 0 Å². The summed E-state index contributed by atoms with van der Waals surface area (Å²) >= 11 is 0. The molecular formula is C11H22N2O2. The Labute approximate surface area is 92.0 Å². The number of hydrogen-bond donors (Lipinski definition) is 2. The third kappa shape index (κ3) is 6.25. The van der Waals surface area contributed by atoms with Crippen molar-refractivity contribution in [1.82, 2.24) is 10.2 Å². The lowest BCUT2D eigenvalue weighted by Crippen LogP contribution is -2.43. The number of aliphatic hydroxyl groups excluding tert-OH is 1. The highest BCUT2D eigenvalue weighted by Crippen LogP contribution is 1.99. The molecule has 0 aromatic carbocycles. The van der Waals surface area contributed by atoms with Crippen LogP contribution in [-0.4, -0.2) is 48.2 Å². The largest absolute Gasteiger partial charge is 0.396 e. The molecule has 0 rings (SSSR count). The first kappa shape index (κ1) is 14.1. The number of nitrogens with one attached hydrogen (secondary N) is 1. The van der Waals surface area contributed by atoms with Gasteiger partial charge in [-0.3, -0.25) is 4.79 Å². The first-order chi connectivity index (χ1) is 7.13. The summed E-state index contributed by atoms with van der Waals surface area (Å²) in [7, 11) is 0. The highest BCUT2D eigenvalue weighted by atomic mass is 16.3. The highest BCUT2D eigenvalue weighted by molar-refractivity contribution is 5.78. The number of rotatable bonds is 8. The molecule has 0 aliphatic carbocycles. The molecule has 0 heterocycles. The summed E-state index contributed by atoms with van der Waals surface area (Å²) in [4.78, 5) is 13.5. The fraction of sp³-hybridized carbons (Fsp3) is 0.727. The SMILES string of the molecule is C=CCNCC(=O)N(CCCO)C(C)C. The second-order valence-electron chi connectivity index (χ2n) is 3.68. The third-order valence-electron chi connectivity index (χ3n) is 2.07. The Morgan fingerprint density at radius 2 is 2.27 bits per heavy atom. The van der Waals surface area contributed by atoms with Gasteiger partial charge in [-0.2, -0.15) is 0 Å². The van der Waals surface area contributed by atoms with Crippen LogP contribution >= 0.6 is 0 Å². The average Bonchev–Trinajstić information content (AvgIpc) is 2.18. The van der Waals surface area contributed by atoms with E-state index in [1.165, 1.54) is 0 Å². The molecule has 0 atom stereocenters. The van der Waals surface area contributed by atoms with Crippen LogP contribution in [0, 0.1) is 0 Å². The molecule has 1 amide bonds. The van der Waals surface area contributed by atoms with Crippen LogP contribution in [0.1, 0.15) is 20.3 Å². The summed E-state index contributed by atoms with van der Waals surface area (Å²) in [6.45, 7) is 9.22. The molecule has 0 saturated heterocycles. The van der Waals surface area contributed by atoms with Crippen molar-refractivity contribution in [2.45, 2.75) is 26.3 Å². The molecule has 88 valence electrons. The molecule has 0 spiro atoms. The van der Waals surface area contributed by atoms with Crippen LogP contribution in [0.3, 0.4) is 0 Å². The standard InChI is InChI=1S/C11H22N2O2/c1-4-6-12-9-11(15)13(10(2)3)7-5-8-14/h4,10,12,14H,1,5-9H2,2-3H3. The number of carbonyl (C=O) groups is 1. The molecular weight excluding hydrogens is 192 g/mol. The van der Waals surface area contributed by atoms with Crippen molar-refractivity contribution in [3.05, 3.63) is 12.7 Å². The molecule has 4 heteroatoms. The normalized spacial score (nSPS) is 10.4. The summed E-state index contributed by atoms with van der Waals surface area (Å²) in [5.41, 5.74) is 0. The van der Waals surface area contributed by atoms with Gasteiger partial charge in [-0.1, -0.05) is 6.08 Å². The van der Waals surface area contributed by atoms with Crippen molar-refractivity contribution >= 4 is 5.91 Å². The monoisotopic (exact) mass is 214 g/mol. The molecule has 0 saturated carbocycles. The van der Waals surface area contributed by atoms with Gasteiger partial charge in [-0.15, -0.1) is 6.58 Å². The minimum absolute atomic E-state index is 0.0697. The predicted octanol–water partition coefficient (Wildman–Crippen LogP) is 0.381. The van der Waals surface area contributed by atoms with Crippen LogP contribution in [0.15, 0.2) is 12.7 Å². The van der Waals surface area contributed by atoms with Crippen LogP contribution in [0.2, 0.25) is 0 Å². The zero-order valence-corrected chi connectivity index (χ0v) is 9.70. The Hall–Kier alpha value is -0.870. The summed E-state index contributed by atoms with van der Waals surface area (Å²) in [6.07, 6.45) is 2.35. The zero-order chi connectivity index (χ0) is 11.7. The number of amides is 1. The lowest BCUT2D eigenvalue weighted by atomic mass is 10.2. The maximum atomic E-state index is 11.7. The molecule has 0 aromatic heterocycles. The number of carbonyl (C=O) groups excluding carboxylic acids is 1. The minimum atomic E-state index is 0.0697. The van der Waals surface area contributed by atoms with Crippen molar-refractivity contribution in [2.75, 3.05) is 26.2 Å². The summed E-state index contributed by atoms with van der Waals surface area (Å²) in [5, 5.41) is 11.7. The molecule has 15 heavy (non-hydrogen) atoms. The van der Waals surface area contributed by atoms with Gasteiger partial charge < -0.3 is 15.3 Å². The quantitative estimate of drug-likeness (QED) is 0.454. The zero-order valence-electron chi connectivity index (χ0n) is 9.70. The molecule has 0 bridgehead atoms. The predicted molar refractivity (Wildman–Crippen MR) is 61.6 cm³/mol. The Morgan fingerprint density at radius 1 is 1.60 bits per heavy atom. The van der Waals surface area contributed by atoms with Crippen LogP contribution in [0.5, 0.6) is 0 Å². The van der Waals surface area contributed by atoms with E-state index in [4.69, 9.17) is 5.11 Å². The second kappa shape index (κ2) is 8.44. The van der Waals surface area contributed by atoms with E-state index in [2.05, 4.69) is 11.9 Å². The van der Waals surface area contributed by atoms with Crippen LogP contribution in [-0.2, 0) is 4.79 Å². The Bertz CT molecular complexity index is 193. The first-order valence-corrected chi connectivity index (χ1v) is 5.35. The van der Waals surface area contributed by atoms with Crippen molar-refractivity contribution in [3.63, 3.8) is 0 Å². The third-order valence-corrected chi connectivity index (χ3v) is 2.07. The van der Waals surface area contributed by atoms with E-state index >= 15 is 0 Å². The van der Waals surface area contributed by atoms with Crippen LogP contribution in [0.25, 0.3) is 0 Å². The molecule has 0 aliphatic heterocycles. The summed E-state index contributed by atoms with van der Waals surface area (Å²) < 4.78 is 0. The average molecular weight is 214 g/mol.